The second-order valence-electron chi connectivity index (χ2n) is 4.06. The molecule has 0 aliphatic carbocycles. The van der Waals surface area contributed by atoms with Crippen LogP contribution < -0.4 is 4.72 Å². The summed E-state index contributed by atoms with van der Waals surface area (Å²) < 4.78 is 26.1. The molecule has 0 aliphatic heterocycles. The van der Waals surface area contributed by atoms with Gasteiger partial charge in [-0.15, -0.1) is 0 Å². The Bertz CT molecular complexity index is 442. The number of hydrogen-bond donors (Lipinski definition) is 1. The fraction of sp³-hybridized carbons (Fsp3) is 0.500. The van der Waals surface area contributed by atoms with Crippen molar-refractivity contribution in [3.05, 3.63) is 34.9 Å². The molecule has 1 rings (SSSR count). The third-order valence-corrected chi connectivity index (χ3v) is 4.28. The summed E-state index contributed by atoms with van der Waals surface area (Å²) in [4.78, 5) is 0. The average molecular weight is 276 g/mol. The zero-order chi connectivity index (χ0) is 12.9. The lowest BCUT2D eigenvalue weighted by molar-refractivity contribution is 0.564. The molecule has 0 unspecified atom stereocenters. The van der Waals surface area contributed by atoms with Crippen LogP contribution in [0.15, 0.2) is 24.3 Å². The fourth-order valence-corrected chi connectivity index (χ4v) is 3.07. The van der Waals surface area contributed by atoms with Crippen molar-refractivity contribution in [2.24, 2.45) is 0 Å². The molecule has 0 radical (unpaired) electrons. The Kier molecular flexibility index (Phi) is 5.43. The third-order valence-electron chi connectivity index (χ3n) is 2.49. The van der Waals surface area contributed by atoms with Crippen LogP contribution in [-0.2, 0) is 10.0 Å². The topological polar surface area (TPSA) is 46.2 Å². The van der Waals surface area contributed by atoms with Crippen molar-refractivity contribution < 1.29 is 8.42 Å². The predicted molar refractivity (Wildman–Crippen MR) is 71.7 cm³/mol. The maximum Gasteiger partial charge on any atom is 0.212 e. The zero-order valence-corrected chi connectivity index (χ0v) is 11.7. The maximum absolute atomic E-state index is 11.7. The van der Waals surface area contributed by atoms with E-state index in [-0.39, 0.29) is 11.8 Å². The molecule has 5 heteroatoms. The van der Waals surface area contributed by atoms with Gasteiger partial charge in [-0.1, -0.05) is 37.1 Å². The van der Waals surface area contributed by atoms with Gasteiger partial charge in [-0.25, -0.2) is 13.1 Å². The van der Waals surface area contributed by atoms with E-state index in [9.17, 15) is 8.42 Å². The summed E-state index contributed by atoms with van der Waals surface area (Å²) in [6.07, 6.45) is 1.55. The zero-order valence-electron chi connectivity index (χ0n) is 10.1. The van der Waals surface area contributed by atoms with Crippen LogP contribution in [0.1, 0.15) is 38.3 Å². The minimum atomic E-state index is -3.18. The van der Waals surface area contributed by atoms with Gasteiger partial charge in [-0.2, -0.15) is 0 Å². The first-order valence-corrected chi connectivity index (χ1v) is 7.73. The molecule has 1 aromatic carbocycles. The first-order chi connectivity index (χ1) is 7.94. The Labute approximate surface area is 108 Å². The third kappa shape index (κ3) is 5.06. The molecule has 96 valence electrons. The second-order valence-corrected chi connectivity index (χ2v) is 6.37. The summed E-state index contributed by atoms with van der Waals surface area (Å²) in [5.74, 6) is 0.182. The fourth-order valence-electron chi connectivity index (χ4n) is 1.48. The highest BCUT2D eigenvalue weighted by atomic mass is 35.5. The molecule has 0 heterocycles. The van der Waals surface area contributed by atoms with E-state index in [1.54, 1.807) is 12.1 Å². The van der Waals surface area contributed by atoms with Crippen LogP contribution in [0.4, 0.5) is 0 Å². The lowest BCUT2D eigenvalue weighted by Crippen LogP contribution is -2.29. The van der Waals surface area contributed by atoms with E-state index in [2.05, 4.69) is 4.72 Å². The molecule has 0 bridgehead atoms. The minimum absolute atomic E-state index is 0.182. The molecule has 0 saturated heterocycles. The van der Waals surface area contributed by atoms with E-state index in [1.165, 1.54) is 0 Å². The Morgan fingerprint density at radius 3 is 2.41 bits per heavy atom. The highest BCUT2D eigenvalue weighted by Crippen LogP contribution is 2.16. The van der Waals surface area contributed by atoms with Crippen molar-refractivity contribution in [1.29, 1.82) is 0 Å². The van der Waals surface area contributed by atoms with Crippen LogP contribution in [0, 0.1) is 0 Å². The highest BCUT2D eigenvalue weighted by Gasteiger charge is 2.14. The molecule has 0 aliphatic rings. The molecule has 1 aromatic rings. The monoisotopic (exact) mass is 275 g/mol. The lowest BCUT2D eigenvalue weighted by atomic mass is 10.1. The molecule has 0 amide bonds. The molecule has 3 nitrogen and oxygen atoms in total. The number of nitrogens with one attached hydrogen (secondary N) is 1. The van der Waals surface area contributed by atoms with Gasteiger partial charge >= 0.3 is 0 Å². The number of hydrogen-bond acceptors (Lipinski definition) is 2. The molecule has 0 saturated carbocycles. The van der Waals surface area contributed by atoms with Gasteiger partial charge in [0, 0.05) is 11.1 Å². The van der Waals surface area contributed by atoms with Gasteiger partial charge < -0.3 is 0 Å². The van der Waals surface area contributed by atoms with Crippen LogP contribution in [0.2, 0.25) is 5.02 Å². The largest absolute Gasteiger partial charge is 0.212 e. The standard InChI is InChI=1S/C12H18ClNO2S/c1-3-4-9-17(15,16)14-10(2)11-5-7-12(13)8-6-11/h5-8,10,14H,3-4,9H2,1-2H3/t10-/m1/s1. The van der Waals surface area contributed by atoms with Crippen molar-refractivity contribution in [2.75, 3.05) is 5.75 Å². The second kappa shape index (κ2) is 6.38. The molecule has 0 aromatic heterocycles. The van der Waals surface area contributed by atoms with Crippen molar-refractivity contribution in [3.63, 3.8) is 0 Å². The van der Waals surface area contributed by atoms with E-state index in [4.69, 9.17) is 11.6 Å². The van der Waals surface area contributed by atoms with Crippen molar-refractivity contribution >= 4 is 21.6 Å². The molecule has 1 atom stereocenters. The first kappa shape index (κ1) is 14.5. The Morgan fingerprint density at radius 2 is 1.88 bits per heavy atom. The quantitative estimate of drug-likeness (QED) is 0.867. The van der Waals surface area contributed by atoms with Gasteiger partial charge in [-0.3, -0.25) is 0 Å². The van der Waals surface area contributed by atoms with Gasteiger partial charge in [0.1, 0.15) is 0 Å². The Morgan fingerprint density at radius 1 is 1.29 bits per heavy atom. The van der Waals surface area contributed by atoms with Crippen molar-refractivity contribution in [2.45, 2.75) is 32.7 Å². The maximum atomic E-state index is 11.7. The predicted octanol–water partition coefficient (Wildman–Crippen LogP) is 3.12. The summed E-state index contributed by atoms with van der Waals surface area (Å²) >= 11 is 5.78. The van der Waals surface area contributed by atoms with Gasteiger partial charge in [0.05, 0.1) is 5.75 Å². The van der Waals surface area contributed by atoms with E-state index < -0.39 is 10.0 Å². The van der Waals surface area contributed by atoms with E-state index in [0.29, 0.717) is 11.4 Å². The van der Waals surface area contributed by atoms with Crippen LogP contribution in [-0.4, -0.2) is 14.2 Å². The smallest absolute Gasteiger partial charge is 0.212 e. The first-order valence-electron chi connectivity index (χ1n) is 5.70. The summed E-state index contributed by atoms with van der Waals surface area (Å²) in [5.41, 5.74) is 0.912. The molecule has 0 spiro atoms. The minimum Gasteiger partial charge on any atom is -0.212 e. The van der Waals surface area contributed by atoms with E-state index in [0.717, 1.165) is 12.0 Å². The highest BCUT2D eigenvalue weighted by molar-refractivity contribution is 7.89. The van der Waals surface area contributed by atoms with Gasteiger partial charge in [0.2, 0.25) is 10.0 Å². The number of benzene rings is 1. The van der Waals surface area contributed by atoms with Gasteiger partial charge in [0.15, 0.2) is 0 Å². The van der Waals surface area contributed by atoms with Crippen LogP contribution in [0.3, 0.4) is 0 Å². The number of unbranched alkanes of at least 4 members (excludes halogenated alkanes) is 1. The Hall–Kier alpha value is -0.580. The van der Waals surface area contributed by atoms with Gasteiger partial charge in [0.25, 0.3) is 0 Å². The van der Waals surface area contributed by atoms with E-state index >= 15 is 0 Å². The molecular weight excluding hydrogens is 258 g/mol. The summed E-state index contributed by atoms with van der Waals surface area (Å²) in [5, 5.41) is 0.648. The molecule has 17 heavy (non-hydrogen) atoms. The van der Waals surface area contributed by atoms with Crippen LogP contribution >= 0.6 is 11.6 Å². The lowest BCUT2D eigenvalue weighted by Gasteiger charge is -2.14. The van der Waals surface area contributed by atoms with Crippen LogP contribution in [0.5, 0.6) is 0 Å². The average Bonchev–Trinajstić information content (AvgIpc) is 2.26. The SMILES string of the molecule is CCCCS(=O)(=O)N[C@H](C)c1ccc(Cl)cc1. The summed E-state index contributed by atoms with van der Waals surface area (Å²) in [6.45, 7) is 3.80. The number of rotatable bonds is 6. The number of sulfonamides is 1. The van der Waals surface area contributed by atoms with Crippen molar-refractivity contribution in [1.82, 2.24) is 4.72 Å². The Balaban J connectivity index is 2.65. The molecule has 0 fully saturated rings. The molecule has 1 N–H and O–H groups in total. The van der Waals surface area contributed by atoms with Crippen molar-refractivity contribution in [3.8, 4) is 0 Å². The summed E-state index contributed by atoms with van der Waals surface area (Å²) in [7, 11) is -3.18. The number of halogens is 1. The normalized spacial score (nSPS) is 13.6. The van der Waals surface area contributed by atoms with Gasteiger partial charge in [-0.05, 0) is 31.0 Å². The summed E-state index contributed by atoms with van der Waals surface area (Å²) in [6, 6.07) is 6.95. The van der Waals surface area contributed by atoms with E-state index in [1.807, 2.05) is 26.0 Å². The van der Waals surface area contributed by atoms with Crippen LogP contribution in [0.25, 0.3) is 0 Å². The molecular formula is C12H18ClNO2S.